The molecule has 0 amide bonds. The summed E-state index contributed by atoms with van der Waals surface area (Å²) in [5.74, 6) is -0.782. The summed E-state index contributed by atoms with van der Waals surface area (Å²) < 4.78 is 38.5. The van der Waals surface area contributed by atoms with E-state index in [1.54, 1.807) is 5.38 Å². The smallest absolute Gasteiger partial charge is 0.264 e. The van der Waals surface area contributed by atoms with Gasteiger partial charge in [0.25, 0.3) is 6.43 Å². The van der Waals surface area contributed by atoms with Crippen LogP contribution in [0.3, 0.4) is 0 Å². The molecule has 0 spiro atoms. The molecule has 1 heterocycles. The van der Waals surface area contributed by atoms with E-state index in [-0.39, 0.29) is 11.3 Å². The Hall–Kier alpha value is -1.23. The topological polar surface area (TPSA) is 26.0 Å². The van der Waals surface area contributed by atoms with Crippen molar-refractivity contribution >= 4 is 27.1 Å². The maximum atomic E-state index is 13.1. The van der Waals surface area contributed by atoms with Gasteiger partial charge in [0.1, 0.15) is 5.82 Å². The fraction of sp³-hybridized carbons (Fsp3) is 0.111. The molecule has 0 saturated carbocycles. The number of nitrogens with two attached hydrogens (primary N) is 1. The zero-order valence-electron chi connectivity index (χ0n) is 6.93. The van der Waals surface area contributed by atoms with Crippen LogP contribution in [0.5, 0.6) is 0 Å². The number of nitrogen functional groups attached to an aromatic ring is 1. The molecule has 0 aliphatic rings. The third kappa shape index (κ3) is 1.24. The van der Waals surface area contributed by atoms with Gasteiger partial charge in [-0.25, -0.2) is 13.2 Å². The Morgan fingerprint density at radius 2 is 2.07 bits per heavy atom. The molecule has 14 heavy (non-hydrogen) atoms. The summed E-state index contributed by atoms with van der Waals surface area (Å²) in [7, 11) is 0. The van der Waals surface area contributed by atoms with Gasteiger partial charge in [-0.15, -0.1) is 11.3 Å². The van der Waals surface area contributed by atoms with Gasteiger partial charge in [0.05, 0.1) is 10.4 Å². The van der Waals surface area contributed by atoms with Crippen molar-refractivity contribution in [3.05, 3.63) is 28.9 Å². The van der Waals surface area contributed by atoms with Crippen molar-refractivity contribution in [3.63, 3.8) is 0 Å². The molecule has 0 fully saturated rings. The van der Waals surface area contributed by atoms with Gasteiger partial charge in [0.2, 0.25) is 0 Å². The van der Waals surface area contributed by atoms with Gasteiger partial charge >= 0.3 is 0 Å². The van der Waals surface area contributed by atoms with Crippen LogP contribution in [-0.4, -0.2) is 0 Å². The number of hydrogen-bond acceptors (Lipinski definition) is 2. The van der Waals surface area contributed by atoms with Crippen LogP contribution in [0.1, 0.15) is 12.0 Å². The van der Waals surface area contributed by atoms with Crippen molar-refractivity contribution < 1.29 is 13.2 Å². The number of anilines is 1. The molecule has 0 unspecified atom stereocenters. The first-order chi connectivity index (χ1) is 6.61. The Bertz CT molecular complexity index is 478. The molecule has 2 rings (SSSR count). The van der Waals surface area contributed by atoms with E-state index in [0.29, 0.717) is 10.1 Å². The second-order valence-corrected chi connectivity index (χ2v) is 3.74. The van der Waals surface area contributed by atoms with Crippen LogP contribution < -0.4 is 5.73 Å². The molecule has 1 aromatic heterocycles. The van der Waals surface area contributed by atoms with Crippen molar-refractivity contribution in [1.82, 2.24) is 0 Å². The van der Waals surface area contributed by atoms with Gasteiger partial charge in [0, 0.05) is 10.9 Å². The maximum Gasteiger partial charge on any atom is 0.264 e. The highest BCUT2D eigenvalue weighted by Gasteiger charge is 2.16. The Morgan fingerprint density at radius 3 is 2.71 bits per heavy atom. The number of alkyl halides is 2. The zero-order valence-corrected chi connectivity index (χ0v) is 7.75. The van der Waals surface area contributed by atoms with Crippen LogP contribution >= 0.6 is 11.3 Å². The Kier molecular flexibility index (Phi) is 2.11. The number of halogens is 3. The Morgan fingerprint density at radius 1 is 1.36 bits per heavy atom. The number of benzene rings is 1. The second kappa shape index (κ2) is 3.16. The van der Waals surface area contributed by atoms with Gasteiger partial charge in [0.15, 0.2) is 0 Å². The summed E-state index contributed by atoms with van der Waals surface area (Å²) in [6.07, 6.45) is -2.68. The zero-order chi connectivity index (χ0) is 10.3. The lowest BCUT2D eigenvalue weighted by Gasteiger charge is -2.05. The minimum atomic E-state index is -2.68. The lowest BCUT2D eigenvalue weighted by atomic mass is 10.1. The molecule has 0 atom stereocenters. The predicted octanol–water partition coefficient (Wildman–Crippen LogP) is 3.56. The molecular weight excluding hydrogens is 211 g/mol. The van der Waals surface area contributed by atoms with Gasteiger partial charge in [-0.2, -0.15) is 0 Å². The molecule has 1 nitrogen and oxygen atoms in total. The van der Waals surface area contributed by atoms with Crippen LogP contribution in [0, 0.1) is 5.82 Å². The minimum absolute atomic E-state index is 0.0561. The summed E-state index contributed by atoms with van der Waals surface area (Å²) in [6.45, 7) is 0. The molecule has 1 aromatic carbocycles. The van der Waals surface area contributed by atoms with Crippen LogP contribution in [0.2, 0.25) is 0 Å². The molecule has 0 bridgehead atoms. The van der Waals surface area contributed by atoms with Crippen LogP contribution in [0.15, 0.2) is 17.5 Å². The quantitative estimate of drug-likeness (QED) is 0.726. The molecule has 2 aromatic rings. The first-order valence-corrected chi connectivity index (χ1v) is 4.72. The first kappa shape index (κ1) is 9.33. The summed E-state index contributed by atoms with van der Waals surface area (Å²) in [5, 5.41) is 1.95. The predicted molar refractivity (Wildman–Crippen MR) is 51.2 cm³/mol. The number of fused-ring (bicyclic) bond motifs is 1. The second-order valence-electron chi connectivity index (χ2n) is 2.83. The van der Waals surface area contributed by atoms with Crippen LogP contribution in [-0.2, 0) is 0 Å². The van der Waals surface area contributed by atoms with E-state index >= 15 is 0 Å². The summed E-state index contributed by atoms with van der Waals surface area (Å²) >= 11 is 1.16. The van der Waals surface area contributed by atoms with Crippen molar-refractivity contribution in [2.75, 3.05) is 5.73 Å². The lowest BCUT2D eigenvalue weighted by molar-refractivity contribution is 0.153. The monoisotopic (exact) mass is 217 g/mol. The van der Waals surface area contributed by atoms with E-state index in [4.69, 9.17) is 5.73 Å². The van der Waals surface area contributed by atoms with Crippen molar-refractivity contribution in [2.45, 2.75) is 6.43 Å². The highest BCUT2D eigenvalue weighted by atomic mass is 32.1. The van der Waals surface area contributed by atoms with Gasteiger partial charge in [-0.1, -0.05) is 0 Å². The molecule has 74 valence electrons. The average Bonchev–Trinajstić information content (AvgIpc) is 2.59. The SMILES string of the molecule is Nc1c(F)cc(C(F)F)c2ccsc12. The van der Waals surface area contributed by atoms with E-state index in [1.165, 1.54) is 6.07 Å². The van der Waals surface area contributed by atoms with Crippen molar-refractivity contribution in [1.29, 1.82) is 0 Å². The number of rotatable bonds is 1. The molecule has 0 aliphatic heterocycles. The molecule has 0 aliphatic carbocycles. The third-order valence-electron chi connectivity index (χ3n) is 2.00. The fourth-order valence-electron chi connectivity index (χ4n) is 1.33. The van der Waals surface area contributed by atoms with E-state index in [2.05, 4.69) is 0 Å². The first-order valence-electron chi connectivity index (χ1n) is 3.84. The van der Waals surface area contributed by atoms with Gasteiger partial charge in [-0.3, -0.25) is 0 Å². The van der Waals surface area contributed by atoms with Gasteiger partial charge < -0.3 is 5.73 Å². The number of thiophene rings is 1. The fourth-order valence-corrected chi connectivity index (χ4v) is 2.20. The summed E-state index contributed by atoms with van der Waals surface area (Å²) in [4.78, 5) is 0. The van der Waals surface area contributed by atoms with E-state index in [0.717, 1.165) is 17.4 Å². The molecule has 0 radical (unpaired) electrons. The molecular formula is C9H6F3NS. The van der Waals surface area contributed by atoms with E-state index < -0.39 is 12.2 Å². The van der Waals surface area contributed by atoms with E-state index in [9.17, 15) is 13.2 Å². The third-order valence-corrected chi connectivity index (χ3v) is 2.94. The molecule has 2 N–H and O–H groups in total. The maximum absolute atomic E-state index is 13.1. The summed E-state index contributed by atoms with van der Waals surface area (Å²) in [5.41, 5.74) is 5.07. The Labute approximate surface area is 82.0 Å². The van der Waals surface area contributed by atoms with E-state index in [1.807, 2.05) is 0 Å². The van der Waals surface area contributed by atoms with Crippen molar-refractivity contribution in [3.8, 4) is 0 Å². The van der Waals surface area contributed by atoms with Crippen molar-refractivity contribution in [2.24, 2.45) is 0 Å². The number of hydrogen-bond donors (Lipinski definition) is 1. The largest absolute Gasteiger partial charge is 0.395 e. The normalized spacial score (nSPS) is 11.4. The van der Waals surface area contributed by atoms with Crippen LogP contribution in [0.25, 0.3) is 10.1 Å². The Balaban J connectivity index is 2.84. The summed E-state index contributed by atoms with van der Waals surface area (Å²) in [6, 6.07) is 2.33. The lowest BCUT2D eigenvalue weighted by Crippen LogP contribution is -1.94. The molecule has 0 saturated heterocycles. The van der Waals surface area contributed by atoms with Gasteiger partial charge in [-0.05, 0) is 17.5 Å². The van der Waals surface area contributed by atoms with Crippen LogP contribution in [0.4, 0.5) is 18.9 Å². The highest BCUT2D eigenvalue weighted by Crippen LogP contribution is 2.36. The average molecular weight is 217 g/mol. The minimum Gasteiger partial charge on any atom is -0.395 e. The molecule has 5 heteroatoms. The highest BCUT2D eigenvalue weighted by molar-refractivity contribution is 7.17. The standard InChI is InChI=1S/C9H6F3NS/c10-6-3-5(9(11)12)4-1-2-14-8(4)7(6)13/h1-3,9H,13H2.